The summed E-state index contributed by atoms with van der Waals surface area (Å²) in [5.41, 5.74) is 11.4. The highest BCUT2D eigenvalue weighted by Gasteiger charge is 2.46. The van der Waals surface area contributed by atoms with E-state index in [1.165, 1.54) is 4.90 Å². The number of carbonyl (C=O) groups is 4. The second kappa shape index (κ2) is 43.5. The third-order valence-electron chi connectivity index (χ3n) is 13.7. The second-order valence-electron chi connectivity index (χ2n) is 21.8. The number of esters is 1. The molecule has 1 aliphatic carbocycles. The molecule has 3 heterocycles. The summed E-state index contributed by atoms with van der Waals surface area (Å²) in [4.78, 5) is 89.4. The number of rotatable bonds is 38. The van der Waals surface area contributed by atoms with Gasteiger partial charge in [0.15, 0.2) is 5.36 Å². The van der Waals surface area contributed by atoms with Gasteiger partial charge >= 0.3 is 62.7 Å². The number of carbonyl (C=O) groups excluding carboxylic acids is 4. The standard InChI is InChI=1S/C56H79N8O21P3S4.2O3S/c1-5-92(89)36-80-47-32-49(83-48(47)34-81-87(72,73)85-88(74,75)84-86(69,70)71)64-33-39(52(59)63-55(64)68)11-9-21-62-54(67)61-20-7-6-8-23-78-35-90-91-56(3,4)19-25-79-50(65)12-10-24-76-27-28-77-26-22-60-53(66)38-14-13-37(2)44(29-38)51-42-17-15-40(57)30-45(42)82-46-31-41(58)16-18-43(46)51;2*1-4(2)3/h13-18,29-31,39,47-49,57H,5-8,10,12,19-28,32-36,58H2,1-4H3,(H,60,66)(H,72,73)(H,74,75)(H2,59,63,68)(H2,61,62,67)(H2,69,70,71);;/p+1/t39?,47?,48-,49-,92?;;/m1../s1. The Morgan fingerprint density at radius 1 is 0.860 bits per heavy atom. The fraction of sp³-hybridized carbons (Fsp3) is 0.536. The highest BCUT2D eigenvalue weighted by Crippen LogP contribution is 2.66. The summed E-state index contributed by atoms with van der Waals surface area (Å²) in [6.45, 7) is 9.83. The molecule has 0 bridgehead atoms. The number of hydrogen-bond acceptors (Lipinski definition) is 28. The zero-order valence-electron chi connectivity index (χ0n) is 54.4. The molecule has 2 aromatic carbocycles. The van der Waals surface area contributed by atoms with Crippen molar-refractivity contribution in [3.8, 4) is 34.3 Å². The highest BCUT2D eigenvalue weighted by molar-refractivity contribution is 8.77. The molecule has 4 aliphatic rings. The molecule has 0 spiro atoms. The lowest BCUT2D eigenvalue weighted by atomic mass is 9.90. The second-order valence-corrected chi connectivity index (χ2v) is 33.1. The molecular weight excluding hydrogens is 1500 g/mol. The van der Waals surface area contributed by atoms with Crippen LogP contribution in [-0.4, -0.2) is 193 Å². The van der Waals surface area contributed by atoms with Gasteiger partial charge in [0, 0.05) is 90.3 Å². The van der Waals surface area contributed by atoms with Crippen LogP contribution in [0.1, 0.15) is 81.6 Å². The van der Waals surface area contributed by atoms with E-state index >= 15 is 0 Å². The number of phosphoric ester groups is 1. The van der Waals surface area contributed by atoms with Crippen LogP contribution in [0, 0.1) is 30.1 Å². The van der Waals surface area contributed by atoms with E-state index in [4.69, 9.17) is 100 Å². The van der Waals surface area contributed by atoms with Gasteiger partial charge in [-0.3, -0.25) is 35.1 Å². The van der Waals surface area contributed by atoms with Crippen LogP contribution < -0.4 is 37.8 Å². The number of amidine groups is 1. The van der Waals surface area contributed by atoms with Gasteiger partial charge in [0.05, 0.1) is 63.6 Å². The highest BCUT2D eigenvalue weighted by atomic mass is 33.1. The number of nitrogens with zero attached hydrogens (tertiary/aromatic N) is 1. The van der Waals surface area contributed by atoms with Gasteiger partial charge in [0.25, 0.3) is 5.91 Å². The number of benzene rings is 3. The lowest BCUT2D eigenvalue weighted by Crippen LogP contribution is -2.57. The van der Waals surface area contributed by atoms with Gasteiger partial charge in [-0.15, -0.1) is 25.3 Å². The van der Waals surface area contributed by atoms with Crippen molar-refractivity contribution in [3.05, 3.63) is 71.1 Å². The molecule has 0 radical (unpaired) electrons. The summed E-state index contributed by atoms with van der Waals surface area (Å²) < 4.78 is 139. The molecule has 6 rings (SSSR count). The predicted molar refractivity (Wildman–Crippen MR) is 368 cm³/mol. The van der Waals surface area contributed by atoms with E-state index < -0.39 is 97.2 Å². The third-order valence-corrected chi connectivity index (χ3v) is 22.5. The lowest BCUT2D eigenvalue weighted by molar-refractivity contribution is -0.172. The number of unbranched alkanes of at least 4 members (excludes halogenated alkanes) is 2. The van der Waals surface area contributed by atoms with Gasteiger partial charge in [0.1, 0.15) is 35.4 Å². The van der Waals surface area contributed by atoms with Gasteiger partial charge in [-0.25, -0.2) is 23.3 Å². The molecule has 2 saturated heterocycles. The smallest absolute Gasteiger partial charge is 0.466 e. The summed E-state index contributed by atoms with van der Waals surface area (Å²) in [7, 11) is -20.5. The molecule has 3 aliphatic heterocycles. The first kappa shape index (κ1) is 86.8. The molecule has 100 heavy (non-hydrogen) atoms. The lowest BCUT2D eigenvalue weighted by Gasteiger charge is -2.35. The van der Waals surface area contributed by atoms with Gasteiger partial charge in [-0.1, -0.05) is 55.9 Å². The molecule has 0 aromatic heterocycles. The number of urea groups is 2. The van der Waals surface area contributed by atoms with Crippen molar-refractivity contribution >= 4 is 133 Å². The number of ether oxygens (including phenoxy) is 6. The Morgan fingerprint density at radius 2 is 1.56 bits per heavy atom. The summed E-state index contributed by atoms with van der Waals surface area (Å²) in [6.07, 6.45) is 0.536. The zero-order valence-corrected chi connectivity index (χ0v) is 62.0. The first-order valence-electron chi connectivity index (χ1n) is 30.1. The molecule has 44 heteroatoms. The quantitative estimate of drug-likeness (QED) is 0.00448. The number of phosphoric acid groups is 3. The van der Waals surface area contributed by atoms with Crippen molar-refractivity contribution in [3.63, 3.8) is 0 Å². The number of fused-ring (bicyclic) bond motifs is 2. The molecule has 556 valence electrons. The molecule has 0 saturated carbocycles. The van der Waals surface area contributed by atoms with Crippen LogP contribution in [-0.2, 0) is 102 Å². The van der Waals surface area contributed by atoms with Gasteiger partial charge in [-0.2, -0.15) is 8.62 Å². The molecule has 5 amide bonds. The Morgan fingerprint density at radius 3 is 2.26 bits per heavy atom. The number of nitrogens with one attached hydrogen (secondary N) is 5. The Bertz CT molecular complexity index is 3920. The number of nitrogen functional groups attached to an aromatic ring is 1. The molecule has 2 fully saturated rings. The van der Waals surface area contributed by atoms with Crippen molar-refractivity contribution in [2.45, 2.75) is 95.8 Å². The minimum atomic E-state index is -5.78. The van der Waals surface area contributed by atoms with Crippen molar-refractivity contribution in [1.29, 1.82) is 5.41 Å². The molecule has 35 nitrogen and oxygen atoms in total. The van der Waals surface area contributed by atoms with Crippen LogP contribution in [0.15, 0.2) is 59.0 Å². The number of anilines is 1. The molecule has 13 N–H and O–H groups in total. The topological polar surface area (TPSA) is 526 Å². The molecule has 2 aromatic rings. The average molecular weight is 1580 g/mol. The fourth-order valence-corrected chi connectivity index (χ4v) is 15.0. The first-order chi connectivity index (χ1) is 47.1. The summed E-state index contributed by atoms with van der Waals surface area (Å²) in [5, 5.41) is 26.6. The Hall–Kier alpha value is -5.64. The van der Waals surface area contributed by atoms with E-state index in [0.717, 1.165) is 40.5 Å². The number of hydrogen-bond donors (Lipinski definition) is 11. The van der Waals surface area contributed by atoms with E-state index in [0.29, 0.717) is 105 Å². The monoisotopic (exact) mass is 1580 g/mol. The average Bonchev–Trinajstić information content (AvgIpc) is 0.837. The predicted octanol–water partition coefficient (Wildman–Crippen LogP) is 3.35. The van der Waals surface area contributed by atoms with E-state index in [-0.39, 0.29) is 60.9 Å². The summed E-state index contributed by atoms with van der Waals surface area (Å²) >= 11 is 5.34. The number of amides is 5. The fourth-order valence-electron chi connectivity index (χ4n) is 9.04. The maximum atomic E-state index is 13.3. The number of nitrogens with two attached hydrogens (primary N) is 2. The number of aryl methyl sites for hydroxylation is 1. The van der Waals surface area contributed by atoms with E-state index in [1.807, 2.05) is 50.2 Å². The maximum Gasteiger partial charge on any atom is 0.490 e. The van der Waals surface area contributed by atoms with E-state index in [1.54, 1.807) is 39.8 Å². The van der Waals surface area contributed by atoms with Crippen LogP contribution in [0.2, 0.25) is 0 Å². The third kappa shape index (κ3) is 33.6. The first-order valence-corrected chi connectivity index (χ1v) is 41.4. The van der Waals surface area contributed by atoms with Crippen molar-refractivity contribution < 1.29 is 129 Å². The zero-order chi connectivity index (χ0) is 74.2. The van der Waals surface area contributed by atoms with E-state index in [2.05, 4.69) is 55.6 Å². The van der Waals surface area contributed by atoms with Gasteiger partial charge < -0.3 is 74.1 Å². The van der Waals surface area contributed by atoms with E-state index in [9.17, 15) is 42.7 Å². The van der Waals surface area contributed by atoms with Crippen molar-refractivity contribution in [2.24, 2.45) is 5.92 Å². The minimum Gasteiger partial charge on any atom is -0.466 e. The van der Waals surface area contributed by atoms with Crippen LogP contribution in [0.3, 0.4) is 0 Å². The van der Waals surface area contributed by atoms with Gasteiger partial charge in [-0.05, 0) is 111 Å². The molecule has 7 atom stereocenters. The summed E-state index contributed by atoms with van der Waals surface area (Å²) in [5.74, 6) is 5.82. The summed E-state index contributed by atoms with van der Waals surface area (Å²) in [6, 6.07) is 15.5. The largest absolute Gasteiger partial charge is 0.490 e. The SMILES string of the molecule is CCS(=S)COC1C[C@H](N2CC(C#CCNC(=O)NCCCCCOCSSC(C)(C)CCOC(=O)CCCOCCOCCNC(=O)c3ccc(C)c(-c4c5ccc(=[NH2+])cc-5oc5cc(N)ccc45)c3)C(=N)NC2=O)O[C@@H]1COP(=O)(O)OP(=O)(O)OP(=O)(O)O.O=S(=O)=O.O=S(=O)=O. The van der Waals surface area contributed by atoms with Crippen molar-refractivity contribution in [1.82, 2.24) is 26.2 Å². The Balaban J connectivity index is 0.00000251. The maximum absolute atomic E-state index is 13.3. The van der Waals surface area contributed by atoms with Crippen LogP contribution in [0.5, 0.6) is 0 Å². The molecule has 5 unspecified atom stereocenters. The molecular formula is C56H80N8O27P3S6+. The Kier molecular flexibility index (Phi) is 37.7. The van der Waals surface area contributed by atoms with Crippen LogP contribution >= 0.6 is 45.1 Å². The van der Waals surface area contributed by atoms with Crippen LogP contribution in [0.4, 0.5) is 15.3 Å². The van der Waals surface area contributed by atoms with Crippen molar-refractivity contribution in [2.75, 3.05) is 95.8 Å². The normalized spacial score (nSPS) is 17.5. The Labute approximate surface area is 593 Å². The minimum absolute atomic E-state index is 0.00781. The van der Waals surface area contributed by atoms with Crippen LogP contribution in [0.25, 0.3) is 33.4 Å². The van der Waals surface area contributed by atoms with Gasteiger partial charge in [0.2, 0.25) is 0 Å².